The van der Waals surface area contributed by atoms with Crippen LogP contribution >= 0.6 is 0 Å². The fourth-order valence-corrected chi connectivity index (χ4v) is 4.47. The zero-order valence-electron chi connectivity index (χ0n) is 16.0. The summed E-state index contributed by atoms with van der Waals surface area (Å²) in [5.74, 6) is 0. The number of hydrogen-bond acceptors (Lipinski definition) is 5. The van der Waals surface area contributed by atoms with Crippen LogP contribution in [-0.4, -0.2) is 41.4 Å². The summed E-state index contributed by atoms with van der Waals surface area (Å²) in [7, 11) is 0. The molecule has 1 saturated carbocycles. The lowest BCUT2D eigenvalue weighted by atomic mass is 9.81. The number of piperidine rings is 1. The fourth-order valence-electron chi connectivity index (χ4n) is 4.47. The van der Waals surface area contributed by atoms with Gasteiger partial charge < -0.3 is 14.8 Å². The van der Waals surface area contributed by atoms with Crippen LogP contribution in [0.15, 0.2) is 0 Å². The first kappa shape index (κ1) is 20.1. The van der Waals surface area contributed by atoms with Gasteiger partial charge in [0.15, 0.2) is 0 Å². The molecule has 2 N–H and O–H groups in total. The van der Waals surface area contributed by atoms with Gasteiger partial charge in [0.1, 0.15) is 12.9 Å². The normalized spacial score (nSPS) is 31.9. The zero-order valence-corrected chi connectivity index (χ0v) is 16.0. The average Bonchev–Trinajstić information content (AvgIpc) is 2.56. The van der Waals surface area contributed by atoms with Crippen LogP contribution in [0, 0.1) is 0 Å². The Morgan fingerprint density at radius 1 is 0.833 bits per heavy atom. The lowest BCUT2D eigenvalue weighted by Gasteiger charge is -2.46. The molecule has 142 valence electrons. The Labute approximate surface area is 147 Å². The molecule has 2 aliphatic rings. The molecule has 24 heavy (non-hydrogen) atoms. The molecule has 1 heterocycles. The van der Waals surface area contributed by atoms with Crippen molar-refractivity contribution in [3.8, 4) is 0 Å². The molecule has 0 aromatic heterocycles. The molecule has 0 spiro atoms. The first-order valence-electron chi connectivity index (χ1n) is 9.64. The highest BCUT2D eigenvalue weighted by molar-refractivity contribution is 4.97. The van der Waals surface area contributed by atoms with Gasteiger partial charge in [0.25, 0.3) is 0 Å². The Morgan fingerprint density at radius 3 is 1.96 bits per heavy atom. The van der Waals surface area contributed by atoms with E-state index in [9.17, 15) is 5.26 Å². The maximum Gasteiger partial charge on any atom is 0.147 e. The SMILES string of the molecule is CC1(C)CC(OCOC2CCCCCCCC2OO)CC(C)(C)N1. The minimum Gasteiger partial charge on any atom is -0.352 e. The molecular formula is C19H37NO4. The van der Waals surface area contributed by atoms with Gasteiger partial charge in [-0.1, -0.05) is 32.1 Å². The summed E-state index contributed by atoms with van der Waals surface area (Å²) in [6.45, 7) is 9.16. The van der Waals surface area contributed by atoms with Crippen LogP contribution < -0.4 is 5.32 Å². The lowest BCUT2D eigenvalue weighted by Crippen LogP contribution is -2.59. The minimum absolute atomic E-state index is 0.0707. The maximum absolute atomic E-state index is 9.23. The molecule has 2 rings (SSSR count). The summed E-state index contributed by atoms with van der Waals surface area (Å²) in [5, 5.41) is 12.9. The maximum atomic E-state index is 9.23. The number of ether oxygens (including phenoxy) is 2. The molecule has 2 atom stereocenters. The monoisotopic (exact) mass is 343 g/mol. The summed E-state index contributed by atoms with van der Waals surface area (Å²) < 4.78 is 12.0. The van der Waals surface area contributed by atoms with Crippen LogP contribution in [-0.2, 0) is 14.4 Å². The van der Waals surface area contributed by atoms with Gasteiger partial charge in [-0.3, -0.25) is 5.26 Å². The second-order valence-corrected chi connectivity index (χ2v) is 8.90. The summed E-state index contributed by atoms with van der Waals surface area (Å²) in [5.41, 5.74) is 0.141. The van der Waals surface area contributed by atoms with E-state index in [0.29, 0.717) is 0 Å². The van der Waals surface area contributed by atoms with Crippen LogP contribution in [0.1, 0.15) is 85.5 Å². The van der Waals surface area contributed by atoms with Crippen molar-refractivity contribution in [2.45, 2.75) is 115 Å². The fraction of sp³-hybridized carbons (Fsp3) is 1.00. The minimum atomic E-state index is -0.229. The Morgan fingerprint density at radius 2 is 1.38 bits per heavy atom. The van der Waals surface area contributed by atoms with Crippen molar-refractivity contribution in [3.05, 3.63) is 0 Å². The first-order chi connectivity index (χ1) is 11.3. The van der Waals surface area contributed by atoms with Gasteiger partial charge >= 0.3 is 0 Å². The van der Waals surface area contributed by atoms with E-state index < -0.39 is 0 Å². The van der Waals surface area contributed by atoms with Gasteiger partial charge in [-0.05, 0) is 53.4 Å². The topological polar surface area (TPSA) is 60.0 Å². The highest BCUT2D eigenvalue weighted by atomic mass is 17.1. The zero-order chi connectivity index (χ0) is 17.6. The van der Waals surface area contributed by atoms with E-state index in [2.05, 4.69) is 33.0 Å². The quantitative estimate of drug-likeness (QED) is 0.444. The van der Waals surface area contributed by atoms with E-state index in [4.69, 9.17) is 14.4 Å². The third kappa shape index (κ3) is 6.60. The van der Waals surface area contributed by atoms with Gasteiger partial charge in [0, 0.05) is 11.1 Å². The van der Waals surface area contributed by atoms with Gasteiger partial charge in [-0.15, -0.1) is 0 Å². The van der Waals surface area contributed by atoms with Gasteiger partial charge in [0.2, 0.25) is 0 Å². The van der Waals surface area contributed by atoms with Crippen LogP contribution in [0.2, 0.25) is 0 Å². The van der Waals surface area contributed by atoms with E-state index in [-0.39, 0.29) is 36.2 Å². The Kier molecular flexibility index (Phi) is 7.50. The molecule has 0 radical (unpaired) electrons. The highest BCUT2D eigenvalue weighted by Crippen LogP contribution is 2.30. The Balaban J connectivity index is 1.82. The van der Waals surface area contributed by atoms with Crippen LogP contribution in [0.5, 0.6) is 0 Å². The smallest absolute Gasteiger partial charge is 0.147 e. The van der Waals surface area contributed by atoms with Gasteiger partial charge in [-0.25, -0.2) is 4.89 Å². The molecule has 2 fully saturated rings. The third-order valence-electron chi connectivity index (χ3n) is 5.27. The predicted octanol–water partition coefficient (Wildman–Crippen LogP) is 4.26. The predicted molar refractivity (Wildman–Crippen MR) is 95.0 cm³/mol. The Bertz CT molecular complexity index is 356. The molecule has 1 saturated heterocycles. The molecule has 5 nitrogen and oxygen atoms in total. The van der Waals surface area contributed by atoms with Crippen molar-refractivity contribution in [3.63, 3.8) is 0 Å². The Hall–Kier alpha value is -0.200. The molecule has 1 aliphatic carbocycles. The van der Waals surface area contributed by atoms with Crippen molar-refractivity contribution >= 4 is 0 Å². The number of hydrogen-bond donors (Lipinski definition) is 2. The summed E-state index contributed by atoms with van der Waals surface area (Å²) in [4.78, 5) is 4.71. The standard InChI is InChI=1S/C19H37NO4/c1-18(2)12-15(13-19(3,4)20-18)22-14-23-16-10-8-6-5-7-9-11-17(16)24-21/h15-17,20-21H,5-14H2,1-4H3. The summed E-state index contributed by atoms with van der Waals surface area (Å²) >= 11 is 0. The van der Waals surface area contributed by atoms with E-state index in [1.54, 1.807) is 0 Å². The first-order valence-corrected chi connectivity index (χ1v) is 9.64. The molecule has 0 aromatic carbocycles. The molecule has 0 bridgehead atoms. The number of nitrogens with one attached hydrogen (secondary N) is 1. The molecule has 1 aliphatic heterocycles. The lowest BCUT2D eigenvalue weighted by molar-refractivity contribution is -0.308. The van der Waals surface area contributed by atoms with Crippen molar-refractivity contribution in [1.82, 2.24) is 5.32 Å². The van der Waals surface area contributed by atoms with Gasteiger partial charge in [-0.2, -0.15) is 0 Å². The van der Waals surface area contributed by atoms with Crippen LogP contribution in [0.4, 0.5) is 0 Å². The van der Waals surface area contributed by atoms with Crippen molar-refractivity contribution in [2.75, 3.05) is 6.79 Å². The summed E-state index contributed by atoms with van der Waals surface area (Å²) in [6, 6.07) is 0. The van der Waals surface area contributed by atoms with Crippen molar-refractivity contribution in [1.29, 1.82) is 0 Å². The van der Waals surface area contributed by atoms with Gasteiger partial charge in [0.05, 0.1) is 12.2 Å². The number of rotatable bonds is 5. The molecule has 5 heteroatoms. The van der Waals surface area contributed by atoms with Crippen LogP contribution in [0.3, 0.4) is 0 Å². The molecular weight excluding hydrogens is 306 g/mol. The second kappa shape index (κ2) is 8.95. The van der Waals surface area contributed by atoms with E-state index >= 15 is 0 Å². The van der Waals surface area contributed by atoms with E-state index in [1.165, 1.54) is 19.3 Å². The average molecular weight is 344 g/mol. The molecule has 2 unspecified atom stereocenters. The second-order valence-electron chi connectivity index (χ2n) is 8.90. The van der Waals surface area contributed by atoms with E-state index in [0.717, 1.165) is 38.5 Å². The van der Waals surface area contributed by atoms with Crippen LogP contribution in [0.25, 0.3) is 0 Å². The van der Waals surface area contributed by atoms with Crippen molar-refractivity contribution < 1.29 is 19.6 Å². The largest absolute Gasteiger partial charge is 0.352 e. The summed E-state index contributed by atoms with van der Waals surface area (Å²) in [6.07, 6.45) is 9.55. The molecule has 0 amide bonds. The van der Waals surface area contributed by atoms with E-state index in [1.807, 2.05) is 0 Å². The molecule has 0 aromatic rings. The highest BCUT2D eigenvalue weighted by Gasteiger charge is 2.38. The third-order valence-corrected chi connectivity index (χ3v) is 5.27. The van der Waals surface area contributed by atoms with Crippen molar-refractivity contribution in [2.24, 2.45) is 0 Å².